The molecule has 0 saturated carbocycles. The zero-order chi connectivity index (χ0) is 12.8. The molecule has 0 aromatic carbocycles. The van der Waals surface area contributed by atoms with Crippen LogP contribution in [0.4, 0.5) is 0 Å². The van der Waals surface area contributed by atoms with Gasteiger partial charge in [-0.25, -0.2) is 9.89 Å². The van der Waals surface area contributed by atoms with Crippen LogP contribution in [0, 0.1) is 0 Å². The van der Waals surface area contributed by atoms with Crippen molar-refractivity contribution in [3.63, 3.8) is 0 Å². The molecule has 1 atom stereocenters. The fraction of sp³-hybridized carbons (Fsp3) is 0.818. The van der Waals surface area contributed by atoms with E-state index in [1.54, 1.807) is 16.3 Å². The van der Waals surface area contributed by atoms with Crippen molar-refractivity contribution >= 4 is 11.8 Å². The number of hydrogen-bond acceptors (Lipinski definition) is 4. The second-order valence-electron chi connectivity index (χ2n) is 4.60. The number of nitrogens with one attached hydrogen (secondary N) is 1. The van der Waals surface area contributed by atoms with Gasteiger partial charge in [0, 0.05) is 17.8 Å². The molecular formula is C11H22N4OS. The van der Waals surface area contributed by atoms with Crippen molar-refractivity contribution in [1.82, 2.24) is 14.8 Å². The number of aromatic amines is 1. The largest absolute Gasteiger partial charge is 0.344 e. The number of unbranched alkanes of at least 4 members (excludes halogenated alkanes) is 1. The fourth-order valence-electron chi connectivity index (χ4n) is 1.58. The lowest BCUT2D eigenvalue weighted by Gasteiger charge is -2.08. The van der Waals surface area contributed by atoms with Crippen LogP contribution < -0.4 is 11.4 Å². The summed E-state index contributed by atoms with van der Waals surface area (Å²) in [6.45, 7) is 5.99. The standard InChI is InChI=1S/C11H22N4OS/c1-8(2)15-10(16)13-14-11(15)17-7-5-4-6-9(3)12/h8-9H,4-7,12H2,1-3H3,(H,13,16). The summed E-state index contributed by atoms with van der Waals surface area (Å²) in [6, 6.07) is 0.423. The van der Waals surface area contributed by atoms with Crippen LogP contribution in [0.25, 0.3) is 0 Å². The summed E-state index contributed by atoms with van der Waals surface area (Å²) < 4.78 is 1.69. The van der Waals surface area contributed by atoms with Crippen molar-refractivity contribution < 1.29 is 0 Å². The lowest BCUT2D eigenvalue weighted by molar-refractivity contribution is 0.533. The molecule has 1 unspecified atom stereocenters. The lowest BCUT2D eigenvalue weighted by atomic mass is 10.2. The molecule has 1 rings (SSSR count). The Hall–Kier alpha value is -0.750. The first-order chi connectivity index (χ1) is 8.02. The van der Waals surface area contributed by atoms with Gasteiger partial charge >= 0.3 is 5.69 Å². The second-order valence-corrected chi connectivity index (χ2v) is 5.66. The van der Waals surface area contributed by atoms with Crippen molar-refractivity contribution in [3.8, 4) is 0 Å². The first kappa shape index (κ1) is 14.3. The number of hydrogen-bond donors (Lipinski definition) is 2. The van der Waals surface area contributed by atoms with E-state index in [1.807, 2.05) is 20.8 Å². The average Bonchev–Trinajstić information content (AvgIpc) is 2.59. The third-order valence-corrected chi connectivity index (χ3v) is 3.51. The number of nitrogens with zero attached hydrogens (tertiary/aromatic N) is 2. The zero-order valence-corrected chi connectivity index (χ0v) is 11.6. The second kappa shape index (κ2) is 6.86. The van der Waals surface area contributed by atoms with E-state index in [9.17, 15) is 4.79 Å². The van der Waals surface area contributed by atoms with E-state index in [1.165, 1.54) is 0 Å². The quantitative estimate of drug-likeness (QED) is 0.577. The molecule has 0 saturated heterocycles. The van der Waals surface area contributed by atoms with Crippen LogP contribution in [-0.2, 0) is 0 Å². The maximum Gasteiger partial charge on any atom is 0.344 e. The number of thioether (sulfide) groups is 1. The van der Waals surface area contributed by atoms with Gasteiger partial charge in [0.1, 0.15) is 0 Å². The van der Waals surface area contributed by atoms with Crippen LogP contribution in [0.5, 0.6) is 0 Å². The molecule has 98 valence electrons. The van der Waals surface area contributed by atoms with E-state index in [0.29, 0.717) is 0 Å². The minimum absolute atomic E-state index is 0.127. The van der Waals surface area contributed by atoms with Gasteiger partial charge in [-0.2, -0.15) is 0 Å². The highest BCUT2D eigenvalue weighted by Gasteiger charge is 2.11. The van der Waals surface area contributed by atoms with Gasteiger partial charge in [-0.1, -0.05) is 18.2 Å². The zero-order valence-electron chi connectivity index (χ0n) is 10.8. The van der Waals surface area contributed by atoms with E-state index in [0.717, 1.165) is 30.2 Å². The van der Waals surface area contributed by atoms with Crippen molar-refractivity contribution in [3.05, 3.63) is 10.5 Å². The highest BCUT2D eigenvalue weighted by atomic mass is 32.2. The summed E-state index contributed by atoms with van der Waals surface area (Å²) in [5.41, 5.74) is 5.56. The molecule has 0 aliphatic carbocycles. The molecule has 0 radical (unpaired) electrons. The molecule has 1 aromatic rings. The van der Waals surface area contributed by atoms with Crippen LogP contribution in [0.1, 0.15) is 46.1 Å². The molecule has 6 heteroatoms. The molecule has 0 amide bonds. The van der Waals surface area contributed by atoms with Crippen LogP contribution in [-0.4, -0.2) is 26.6 Å². The molecule has 1 aromatic heterocycles. The van der Waals surface area contributed by atoms with Crippen molar-refractivity contribution in [1.29, 1.82) is 0 Å². The molecule has 0 aliphatic heterocycles. The van der Waals surface area contributed by atoms with E-state index in [4.69, 9.17) is 5.73 Å². The third kappa shape index (κ3) is 4.55. The minimum Gasteiger partial charge on any atom is -0.328 e. The molecule has 0 spiro atoms. The molecule has 0 aliphatic rings. The molecule has 0 fully saturated rings. The Balaban J connectivity index is 2.39. The smallest absolute Gasteiger partial charge is 0.328 e. The topological polar surface area (TPSA) is 76.7 Å². The predicted molar refractivity (Wildman–Crippen MR) is 71.5 cm³/mol. The van der Waals surface area contributed by atoms with Crippen molar-refractivity contribution in [2.45, 2.75) is 57.3 Å². The summed E-state index contributed by atoms with van der Waals surface area (Å²) in [5, 5.41) is 7.31. The fourth-order valence-corrected chi connectivity index (χ4v) is 2.65. The number of aromatic nitrogens is 3. The van der Waals surface area contributed by atoms with E-state index in [2.05, 4.69) is 10.2 Å². The van der Waals surface area contributed by atoms with Crippen LogP contribution in [0.15, 0.2) is 9.95 Å². The number of rotatable bonds is 7. The van der Waals surface area contributed by atoms with E-state index in [-0.39, 0.29) is 17.8 Å². The van der Waals surface area contributed by atoms with Gasteiger partial charge in [-0.3, -0.25) is 4.57 Å². The SMILES string of the molecule is CC(N)CCCCSc1n[nH]c(=O)n1C(C)C. The van der Waals surface area contributed by atoms with Crippen molar-refractivity contribution in [2.75, 3.05) is 5.75 Å². The van der Waals surface area contributed by atoms with Gasteiger partial charge in [0.2, 0.25) is 0 Å². The summed E-state index contributed by atoms with van der Waals surface area (Å²) in [6.07, 6.45) is 3.28. The molecule has 1 heterocycles. The highest BCUT2D eigenvalue weighted by Crippen LogP contribution is 2.18. The summed E-state index contributed by atoms with van der Waals surface area (Å²) in [7, 11) is 0. The summed E-state index contributed by atoms with van der Waals surface area (Å²) >= 11 is 1.63. The van der Waals surface area contributed by atoms with Gasteiger partial charge in [0.05, 0.1) is 0 Å². The van der Waals surface area contributed by atoms with Crippen molar-refractivity contribution in [2.24, 2.45) is 5.73 Å². The van der Waals surface area contributed by atoms with E-state index >= 15 is 0 Å². The molecule has 0 bridgehead atoms. The summed E-state index contributed by atoms with van der Waals surface area (Å²) in [4.78, 5) is 11.5. The van der Waals surface area contributed by atoms with Crippen LogP contribution in [0.3, 0.4) is 0 Å². The maximum atomic E-state index is 11.5. The Labute approximate surface area is 106 Å². The molecular weight excluding hydrogens is 236 g/mol. The number of nitrogens with two attached hydrogens (primary N) is 1. The Morgan fingerprint density at radius 3 is 2.71 bits per heavy atom. The number of H-pyrrole nitrogens is 1. The molecule has 5 nitrogen and oxygen atoms in total. The normalized spacial score (nSPS) is 13.2. The summed E-state index contributed by atoms with van der Waals surface area (Å²) in [5.74, 6) is 0.976. The Kier molecular flexibility index (Phi) is 5.77. The van der Waals surface area contributed by atoms with Crippen LogP contribution in [0.2, 0.25) is 0 Å². The first-order valence-electron chi connectivity index (χ1n) is 6.07. The minimum atomic E-state index is -0.127. The van der Waals surface area contributed by atoms with Gasteiger partial charge < -0.3 is 5.73 Å². The lowest BCUT2D eigenvalue weighted by Crippen LogP contribution is -2.19. The van der Waals surface area contributed by atoms with Gasteiger partial charge in [-0.05, 0) is 33.6 Å². The Morgan fingerprint density at radius 2 is 2.12 bits per heavy atom. The first-order valence-corrected chi connectivity index (χ1v) is 7.06. The average molecular weight is 258 g/mol. The van der Waals surface area contributed by atoms with Gasteiger partial charge in [0.15, 0.2) is 5.16 Å². The predicted octanol–water partition coefficient (Wildman–Crippen LogP) is 1.76. The molecule has 3 N–H and O–H groups in total. The molecule has 17 heavy (non-hydrogen) atoms. The Morgan fingerprint density at radius 1 is 1.41 bits per heavy atom. The maximum absolute atomic E-state index is 11.5. The van der Waals surface area contributed by atoms with E-state index < -0.39 is 0 Å². The highest BCUT2D eigenvalue weighted by molar-refractivity contribution is 7.99. The van der Waals surface area contributed by atoms with Crippen LogP contribution >= 0.6 is 11.8 Å². The monoisotopic (exact) mass is 258 g/mol. The Bertz CT molecular complexity index is 383. The third-order valence-electron chi connectivity index (χ3n) is 2.47. The van der Waals surface area contributed by atoms with Gasteiger partial charge in [-0.15, -0.1) is 5.10 Å². The van der Waals surface area contributed by atoms with Gasteiger partial charge in [0.25, 0.3) is 0 Å².